The van der Waals surface area contributed by atoms with Gasteiger partial charge in [-0.05, 0) is 31.7 Å². The van der Waals surface area contributed by atoms with Gasteiger partial charge in [0.2, 0.25) is 0 Å². The van der Waals surface area contributed by atoms with Crippen molar-refractivity contribution in [2.75, 3.05) is 18.6 Å². The Balaban J connectivity index is 2.34. The summed E-state index contributed by atoms with van der Waals surface area (Å²) in [4.78, 5) is 10.1. The second-order valence-electron chi connectivity index (χ2n) is 3.98. The van der Waals surface area contributed by atoms with E-state index in [4.69, 9.17) is 0 Å². The van der Waals surface area contributed by atoms with Crippen LogP contribution in [0.15, 0.2) is 24.3 Å². The molecule has 0 aliphatic rings. The molecule has 0 aliphatic heterocycles. The minimum Gasteiger partial charge on any atom is -0.313 e. The Bertz CT molecular complexity index is 354. The van der Waals surface area contributed by atoms with Crippen LogP contribution in [0, 0.1) is 10.1 Å². The molecule has 1 N–H and O–H groups in total. The summed E-state index contributed by atoms with van der Waals surface area (Å²) in [6, 6.07) is 7.25. The van der Waals surface area contributed by atoms with Crippen LogP contribution in [-0.4, -0.2) is 29.5 Å². The summed E-state index contributed by atoms with van der Waals surface area (Å²) in [6.07, 6.45) is 2.99. The van der Waals surface area contributed by atoms with Crippen molar-refractivity contribution < 1.29 is 4.92 Å². The van der Waals surface area contributed by atoms with Crippen LogP contribution in [-0.2, 0) is 6.42 Å². The lowest BCUT2D eigenvalue weighted by Crippen LogP contribution is -2.29. The van der Waals surface area contributed by atoms with E-state index in [1.165, 1.54) is 0 Å². The SMILES string of the molecule is CSCC(C)NCCc1ccc([N+](=O)[O-])cc1. The quantitative estimate of drug-likeness (QED) is 0.600. The Morgan fingerprint density at radius 2 is 2.06 bits per heavy atom. The van der Waals surface area contributed by atoms with E-state index in [-0.39, 0.29) is 10.6 Å². The molecule has 0 fully saturated rings. The van der Waals surface area contributed by atoms with Crippen molar-refractivity contribution in [1.29, 1.82) is 0 Å². The Labute approximate surface area is 106 Å². The number of non-ortho nitro benzene ring substituents is 1. The highest BCUT2D eigenvalue weighted by atomic mass is 32.2. The van der Waals surface area contributed by atoms with Gasteiger partial charge in [0.15, 0.2) is 0 Å². The number of nitro benzene ring substituents is 1. The Morgan fingerprint density at radius 3 is 2.59 bits per heavy atom. The topological polar surface area (TPSA) is 55.2 Å². The lowest BCUT2D eigenvalue weighted by molar-refractivity contribution is -0.384. The third-order valence-electron chi connectivity index (χ3n) is 2.47. The van der Waals surface area contributed by atoms with Gasteiger partial charge in [0.25, 0.3) is 5.69 Å². The molecule has 1 unspecified atom stereocenters. The molecule has 17 heavy (non-hydrogen) atoms. The molecule has 0 amide bonds. The summed E-state index contributed by atoms with van der Waals surface area (Å²) in [5.74, 6) is 1.10. The predicted octanol–water partition coefficient (Wildman–Crippen LogP) is 2.48. The van der Waals surface area contributed by atoms with Crippen LogP contribution in [0.25, 0.3) is 0 Å². The third kappa shape index (κ3) is 5.19. The van der Waals surface area contributed by atoms with Crippen molar-refractivity contribution in [1.82, 2.24) is 5.32 Å². The monoisotopic (exact) mass is 254 g/mol. The van der Waals surface area contributed by atoms with Gasteiger partial charge in [0.05, 0.1) is 4.92 Å². The van der Waals surface area contributed by atoms with Crippen LogP contribution >= 0.6 is 11.8 Å². The van der Waals surface area contributed by atoms with E-state index in [1.807, 2.05) is 23.9 Å². The Hall–Kier alpha value is -1.07. The molecule has 0 radical (unpaired) electrons. The van der Waals surface area contributed by atoms with E-state index in [9.17, 15) is 10.1 Å². The first-order valence-electron chi connectivity index (χ1n) is 5.59. The first-order chi connectivity index (χ1) is 8.13. The number of nitro groups is 1. The van der Waals surface area contributed by atoms with Crippen LogP contribution in [0.4, 0.5) is 5.69 Å². The summed E-state index contributed by atoms with van der Waals surface area (Å²) in [5, 5.41) is 13.9. The lowest BCUT2D eigenvalue weighted by Gasteiger charge is -2.11. The van der Waals surface area contributed by atoms with Gasteiger partial charge >= 0.3 is 0 Å². The fourth-order valence-corrected chi connectivity index (χ4v) is 2.17. The van der Waals surface area contributed by atoms with Crippen molar-refractivity contribution in [3.63, 3.8) is 0 Å². The molecule has 0 spiro atoms. The zero-order valence-electron chi connectivity index (χ0n) is 10.2. The molecular weight excluding hydrogens is 236 g/mol. The van der Waals surface area contributed by atoms with Crippen molar-refractivity contribution in [3.8, 4) is 0 Å². The molecule has 0 saturated heterocycles. The van der Waals surface area contributed by atoms with E-state index in [1.54, 1.807) is 12.1 Å². The molecule has 0 saturated carbocycles. The summed E-state index contributed by atoms with van der Waals surface area (Å²) in [5.41, 5.74) is 1.27. The average Bonchev–Trinajstić information content (AvgIpc) is 2.30. The van der Waals surface area contributed by atoms with Crippen molar-refractivity contribution >= 4 is 17.4 Å². The number of hydrogen-bond donors (Lipinski definition) is 1. The highest BCUT2D eigenvalue weighted by molar-refractivity contribution is 7.98. The maximum absolute atomic E-state index is 10.5. The van der Waals surface area contributed by atoms with Gasteiger partial charge in [0, 0.05) is 23.9 Å². The summed E-state index contributed by atoms with van der Waals surface area (Å²) < 4.78 is 0. The second-order valence-corrected chi connectivity index (χ2v) is 4.89. The molecule has 1 aromatic rings. The zero-order valence-corrected chi connectivity index (χ0v) is 11.0. The molecule has 0 aromatic heterocycles. The Morgan fingerprint density at radius 1 is 1.41 bits per heavy atom. The van der Waals surface area contributed by atoms with Crippen molar-refractivity contribution in [2.24, 2.45) is 0 Å². The molecule has 0 bridgehead atoms. The average molecular weight is 254 g/mol. The fraction of sp³-hybridized carbons (Fsp3) is 0.500. The molecule has 94 valence electrons. The molecule has 5 heteroatoms. The first kappa shape index (κ1) is 14.0. The van der Waals surface area contributed by atoms with Gasteiger partial charge in [-0.15, -0.1) is 0 Å². The maximum Gasteiger partial charge on any atom is 0.269 e. The maximum atomic E-state index is 10.5. The predicted molar refractivity (Wildman–Crippen MR) is 72.6 cm³/mol. The molecule has 0 aliphatic carbocycles. The van der Waals surface area contributed by atoms with E-state index in [0.717, 1.165) is 24.3 Å². The van der Waals surface area contributed by atoms with E-state index in [2.05, 4.69) is 18.5 Å². The largest absolute Gasteiger partial charge is 0.313 e. The van der Waals surface area contributed by atoms with Gasteiger partial charge in [-0.1, -0.05) is 12.1 Å². The van der Waals surface area contributed by atoms with Crippen LogP contribution in [0.2, 0.25) is 0 Å². The number of nitrogens with zero attached hydrogens (tertiary/aromatic N) is 1. The number of thioether (sulfide) groups is 1. The summed E-state index contributed by atoms with van der Waals surface area (Å²) in [7, 11) is 0. The number of benzene rings is 1. The van der Waals surface area contributed by atoms with Gasteiger partial charge in [-0.2, -0.15) is 11.8 Å². The lowest BCUT2D eigenvalue weighted by atomic mass is 10.1. The number of hydrogen-bond acceptors (Lipinski definition) is 4. The first-order valence-corrected chi connectivity index (χ1v) is 6.98. The van der Waals surface area contributed by atoms with E-state index in [0.29, 0.717) is 6.04 Å². The number of rotatable bonds is 7. The normalized spacial score (nSPS) is 12.4. The molecular formula is C12H18N2O2S. The van der Waals surface area contributed by atoms with Crippen molar-refractivity contribution in [2.45, 2.75) is 19.4 Å². The smallest absolute Gasteiger partial charge is 0.269 e. The van der Waals surface area contributed by atoms with Crippen LogP contribution in [0.5, 0.6) is 0 Å². The Kier molecular flexibility index (Phi) is 6.00. The summed E-state index contributed by atoms with van der Waals surface area (Å²) >= 11 is 1.82. The van der Waals surface area contributed by atoms with Gasteiger partial charge in [-0.3, -0.25) is 10.1 Å². The van der Waals surface area contributed by atoms with Crippen molar-refractivity contribution in [3.05, 3.63) is 39.9 Å². The molecule has 1 aromatic carbocycles. The fourth-order valence-electron chi connectivity index (χ4n) is 1.56. The van der Waals surface area contributed by atoms with Gasteiger partial charge in [0.1, 0.15) is 0 Å². The minimum absolute atomic E-state index is 0.150. The van der Waals surface area contributed by atoms with Crippen LogP contribution < -0.4 is 5.32 Å². The standard InChI is InChI=1S/C12H18N2O2S/c1-10(9-17-2)13-8-7-11-3-5-12(6-4-11)14(15)16/h3-6,10,13H,7-9H2,1-2H3. The van der Waals surface area contributed by atoms with Crippen LogP contribution in [0.3, 0.4) is 0 Å². The highest BCUT2D eigenvalue weighted by Gasteiger charge is 2.04. The highest BCUT2D eigenvalue weighted by Crippen LogP contribution is 2.11. The van der Waals surface area contributed by atoms with Gasteiger partial charge in [-0.25, -0.2) is 0 Å². The minimum atomic E-state index is -0.372. The van der Waals surface area contributed by atoms with E-state index < -0.39 is 0 Å². The second kappa shape index (κ2) is 7.29. The molecule has 1 rings (SSSR count). The third-order valence-corrected chi connectivity index (χ3v) is 3.30. The van der Waals surface area contributed by atoms with E-state index >= 15 is 0 Å². The molecule has 4 nitrogen and oxygen atoms in total. The zero-order chi connectivity index (χ0) is 12.7. The number of nitrogens with one attached hydrogen (secondary N) is 1. The van der Waals surface area contributed by atoms with Crippen LogP contribution in [0.1, 0.15) is 12.5 Å². The summed E-state index contributed by atoms with van der Waals surface area (Å²) in [6.45, 7) is 3.06. The molecule has 1 atom stereocenters. The molecule has 0 heterocycles. The van der Waals surface area contributed by atoms with Gasteiger partial charge < -0.3 is 5.32 Å².